The van der Waals surface area contributed by atoms with Crippen LogP contribution in [-0.4, -0.2) is 29.9 Å². The minimum atomic E-state index is -4.76. The van der Waals surface area contributed by atoms with Gasteiger partial charge in [-0.25, -0.2) is 9.38 Å². The molecule has 0 unspecified atom stereocenters. The van der Waals surface area contributed by atoms with Crippen molar-refractivity contribution in [3.05, 3.63) is 29.6 Å². The van der Waals surface area contributed by atoms with Crippen LogP contribution in [0.3, 0.4) is 0 Å². The molecule has 1 aliphatic heterocycles. The first-order chi connectivity index (χ1) is 11.2. The summed E-state index contributed by atoms with van der Waals surface area (Å²) in [4.78, 5) is 9.57. The number of hydrogen-bond acceptors (Lipinski definition) is 1. The Labute approximate surface area is 149 Å². The van der Waals surface area contributed by atoms with Gasteiger partial charge in [0.05, 0.1) is 11.3 Å². The third kappa shape index (κ3) is 5.77. The Kier molecular flexibility index (Phi) is 7.04. The van der Waals surface area contributed by atoms with Crippen molar-refractivity contribution >= 4 is 30.0 Å². The third-order valence-corrected chi connectivity index (χ3v) is 3.84. The Bertz CT molecular complexity index is 652. The van der Waals surface area contributed by atoms with Gasteiger partial charge in [-0.15, -0.1) is 12.4 Å². The normalized spacial score (nSPS) is 17.4. The molecular formula is C15H20ClF4N5. The topological polar surface area (TPSA) is 80.0 Å². The first-order valence-electron chi connectivity index (χ1n) is 7.47. The summed E-state index contributed by atoms with van der Waals surface area (Å²) in [6.45, 7) is 3.65. The summed E-state index contributed by atoms with van der Waals surface area (Å²) >= 11 is 0. The van der Waals surface area contributed by atoms with Gasteiger partial charge in [-0.05, 0) is 30.9 Å². The number of likely N-dealkylation sites (tertiary alicyclic amines) is 1. The van der Waals surface area contributed by atoms with Crippen molar-refractivity contribution in [1.29, 1.82) is 0 Å². The predicted octanol–water partition coefficient (Wildman–Crippen LogP) is 3.26. The van der Waals surface area contributed by atoms with E-state index in [9.17, 15) is 17.6 Å². The highest BCUT2D eigenvalue weighted by molar-refractivity contribution is 5.94. The summed E-state index contributed by atoms with van der Waals surface area (Å²) < 4.78 is 51.0. The fraction of sp³-hybridized carbons (Fsp3) is 0.467. The van der Waals surface area contributed by atoms with E-state index in [2.05, 4.69) is 16.9 Å². The Morgan fingerprint density at radius 2 is 1.80 bits per heavy atom. The average Bonchev–Trinajstić information content (AvgIpc) is 2.46. The molecule has 0 saturated carbocycles. The number of nitrogens with zero attached hydrogens (tertiary/aromatic N) is 3. The summed E-state index contributed by atoms with van der Waals surface area (Å²) in [6, 6.07) is 2.29. The summed E-state index contributed by atoms with van der Waals surface area (Å²) in [5, 5.41) is 0. The minimum absolute atomic E-state index is 0. The van der Waals surface area contributed by atoms with E-state index >= 15 is 0 Å². The van der Waals surface area contributed by atoms with Gasteiger partial charge in [0, 0.05) is 19.2 Å². The average molecular weight is 382 g/mol. The van der Waals surface area contributed by atoms with Crippen molar-refractivity contribution in [2.24, 2.45) is 27.4 Å². The van der Waals surface area contributed by atoms with Crippen LogP contribution < -0.4 is 11.5 Å². The molecule has 5 nitrogen and oxygen atoms in total. The molecule has 1 aliphatic rings. The Balaban J connectivity index is 0.00000312. The second kappa shape index (κ2) is 8.37. The molecule has 1 heterocycles. The van der Waals surface area contributed by atoms with Crippen LogP contribution in [0, 0.1) is 11.7 Å². The van der Waals surface area contributed by atoms with Gasteiger partial charge in [-0.2, -0.15) is 18.2 Å². The largest absolute Gasteiger partial charge is 0.419 e. The van der Waals surface area contributed by atoms with Gasteiger partial charge in [0.25, 0.3) is 0 Å². The van der Waals surface area contributed by atoms with Crippen LogP contribution in [0.5, 0.6) is 0 Å². The number of halogens is 5. The van der Waals surface area contributed by atoms with Crippen molar-refractivity contribution in [3.8, 4) is 0 Å². The standard InChI is InChI=1S/C15H19F4N5.ClH/c1-9-4-6-24(7-5-9)14(21)23-13(20)22-10-2-3-11(12(16)8-10)15(17,18)19;/h2-3,8-9H,4-7H2,1H3,(H4,20,21,22,23);1H. The Morgan fingerprint density at radius 1 is 1.20 bits per heavy atom. The zero-order chi connectivity index (χ0) is 17.9. The van der Waals surface area contributed by atoms with Gasteiger partial charge in [-0.1, -0.05) is 6.92 Å². The lowest BCUT2D eigenvalue weighted by molar-refractivity contribution is -0.139. The molecule has 0 aliphatic carbocycles. The van der Waals surface area contributed by atoms with Crippen molar-refractivity contribution in [3.63, 3.8) is 0 Å². The molecule has 0 aromatic heterocycles. The number of alkyl halides is 3. The zero-order valence-electron chi connectivity index (χ0n) is 13.6. The van der Waals surface area contributed by atoms with Crippen LogP contribution in [0.2, 0.25) is 0 Å². The first kappa shape index (κ1) is 21.0. The summed E-state index contributed by atoms with van der Waals surface area (Å²) in [6.07, 6.45) is -2.79. The molecule has 25 heavy (non-hydrogen) atoms. The quantitative estimate of drug-likeness (QED) is 0.445. The molecule has 1 saturated heterocycles. The molecule has 0 spiro atoms. The molecule has 2 rings (SSSR count). The molecule has 4 N–H and O–H groups in total. The van der Waals surface area contributed by atoms with Gasteiger partial charge < -0.3 is 16.4 Å². The van der Waals surface area contributed by atoms with E-state index in [1.54, 1.807) is 0 Å². The van der Waals surface area contributed by atoms with Crippen LogP contribution in [0.25, 0.3) is 0 Å². The monoisotopic (exact) mass is 381 g/mol. The number of aliphatic imine (C=N–C) groups is 2. The fourth-order valence-corrected chi connectivity index (χ4v) is 2.39. The van der Waals surface area contributed by atoms with Gasteiger partial charge in [0.15, 0.2) is 5.96 Å². The van der Waals surface area contributed by atoms with E-state index in [1.165, 1.54) is 0 Å². The highest BCUT2D eigenvalue weighted by Gasteiger charge is 2.33. The number of guanidine groups is 2. The second-order valence-corrected chi connectivity index (χ2v) is 5.77. The highest BCUT2D eigenvalue weighted by Crippen LogP contribution is 2.32. The highest BCUT2D eigenvalue weighted by atomic mass is 35.5. The van der Waals surface area contributed by atoms with E-state index in [0.29, 0.717) is 18.1 Å². The number of hydrogen-bond donors (Lipinski definition) is 2. The SMILES string of the molecule is CC1CCN(C(N)=NC(N)=Nc2ccc(C(F)(F)F)c(F)c2)CC1.Cl. The van der Waals surface area contributed by atoms with E-state index < -0.39 is 17.6 Å². The van der Waals surface area contributed by atoms with Gasteiger partial charge >= 0.3 is 6.18 Å². The van der Waals surface area contributed by atoms with Crippen molar-refractivity contribution in [1.82, 2.24) is 4.90 Å². The maximum Gasteiger partial charge on any atom is 0.419 e. The van der Waals surface area contributed by atoms with Crippen molar-refractivity contribution < 1.29 is 17.6 Å². The molecule has 1 fully saturated rings. The minimum Gasteiger partial charge on any atom is -0.369 e. The van der Waals surface area contributed by atoms with Crippen LogP contribution in [0.15, 0.2) is 28.2 Å². The van der Waals surface area contributed by atoms with E-state index in [4.69, 9.17) is 11.5 Å². The number of nitrogens with two attached hydrogens (primary N) is 2. The van der Waals surface area contributed by atoms with Crippen LogP contribution >= 0.6 is 12.4 Å². The maximum atomic E-state index is 13.5. The van der Waals surface area contributed by atoms with Gasteiger partial charge in [0.1, 0.15) is 5.82 Å². The maximum absolute atomic E-state index is 13.5. The number of piperidine rings is 1. The van der Waals surface area contributed by atoms with Gasteiger partial charge in [-0.3, -0.25) is 0 Å². The van der Waals surface area contributed by atoms with E-state index in [1.807, 2.05) is 4.90 Å². The van der Waals surface area contributed by atoms with Crippen LogP contribution in [0.4, 0.5) is 23.2 Å². The van der Waals surface area contributed by atoms with Gasteiger partial charge in [0.2, 0.25) is 5.96 Å². The molecule has 140 valence electrons. The Hall–Kier alpha value is -2.03. The summed E-state index contributed by atoms with van der Waals surface area (Å²) in [5.41, 5.74) is 10.1. The van der Waals surface area contributed by atoms with Crippen LogP contribution in [0.1, 0.15) is 25.3 Å². The molecule has 0 bridgehead atoms. The number of rotatable bonds is 1. The van der Waals surface area contributed by atoms with E-state index in [0.717, 1.165) is 32.0 Å². The molecule has 0 atom stereocenters. The van der Waals surface area contributed by atoms with Crippen LogP contribution in [-0.2, 0) is 6.18 Å². The van der Waals surface area contributed by atoms with Crippen molar-refractivity contribution in [2.45, 2.75) is 25.9 Å². The molecule has 0 radical (unpaired) electrons. The summed E-state index contributed by atoms with van der Waals surface area (Å²) in [5.74, 6) is -0.852. The lowest BCUT2D eigenvalue weighted by Gasteiger charge is -2.30. The van der Waals surface area contributed by atoms with E-state index in [-0.39, 0.29) is 30.0 Å². The molecule has 1 aromatic carbocycles. The molecule has 1 aromatic rings. The molecule has 10 heteroatoms. The number of benzene rings is 1. The third-order valence-electron chi connectivity index (χ3n) is 3.84. The lowest BCUT2D eigenvalue weighted by Crippen LogP contribution is -2.43. The zero-order valence-corrected chi connectivity index (χ0v) is 14.4. The molecule has 0 amide bonds. The predicted molar refractivity (Wildman–Crippen MR) is 91.5 cm³/mol. The van der Waals surface area contributed by atoms with Crippen molar-refractivity contribution in [2.75, 3.05) is 13.1 Å². The lowest BCUT2D eigenvalue weighted by atomic mass is 10.00. The molecular weight excluding hydrogens is 362 g/mol. The smallest absolute Gasteiger partial charge is 0.369 e. The summed E-state index contributed by atoms with van der Waals surface area (Å²) in [7, 11) is 0. The fourth-order valence-electron chi connectivity index (χ4n) is 2.39. The first-order valence-corrected chi connectivity index (χ1v) is 7.47. The second-order valence-electron chi connectivity index (χ2n) is 5.77. The Morgan fingerprint density at radius 3 is 2.32 bits per heavy atom.